The van der Waals surface area contributed by atoms with E-state index >= 15 is 0 Å². The first-order valence-electron chi connectivity index (χ1n) is 9.76. The van der Waals surface area contributed by atoms with Crippen LogP contribution in [0.5, 0.6) is 5.75 Å². The zero-order valence-electron chi connectivity index (χ0n) is 16.4. The SMILES string of the molecule is CCOC(=O)[C@H]1CN(Cc2ccccc2)CC1Oc1cccc(C(C)C)c1. The summed E-state index contributed by atoms with van der Waals surface area (Å²) < 4.78 is 11.6. The maximum atomic E-state index is 12.5. The van der Waals surface area contributed by atoms with E-state index in [1.807, 2.05) is 37.3 Å². The van der Waals surface area contributed by atoms with Gasteiger partial charge in [-0.1, -0.05) is 56.3 Å². The van der Waals surface area contributed by atoms with Crippen LogP contribution in [0.1, 0.15) is 37.8 Å². The Kier molecular flexibility index (Phi) is 6.51. The molecule has 0 saturated carbocycles. The van der Waals surface area contributed by atoms with Gasteiger partial charge >= 0.3 is 5.97 Å². The molecule has 144 valence electrons. The Morgan fingerprint density at radius 2 is 1.89 bits per heavy atom. The summed E-state index contributed by atoms with van der Waals surface area (Å²) in [5.41, 5.74) is 2.47. The molecule has 0 aromatic heterocycles. The molecule has 0 aliphatic carbocycles. The second kappa shape index (κ2) is 9.05. The minimum atomic E-state index is -0.267. The smallest absolute Gasteiger partial charge is 0.314 e. The van der Waals surface area contributed by atoms with Gasteiger partial charge in [0.1, 0.15) is 17.8 Å². The molecule has 2 aromatic rings. The Morgan fingerprint density at radius 1 is 1.11 bits per heavy atom. The third-order valence-corrected chi connectivity index (χ3v) is 4.99. The van der Waals surface area contributed by atoms with Gasteiger partial charge in [0.2, 0.25) is 0 Å². The Balaban J connectivity index is 1.73. The predicted molar refractivity (Wildman–Crippen MR) is 107 cm³/mol. The van der Waals surface area contributed by atoms with Crippen molar-refractivity contribution in [3.05, 3.63) is 65.7 Å². The Hall–Kier alpha value is -2.33. The molecule has 1 saturated heterocycles. The highest BCUT2D eigenvalue weighted by Gasteiger charge is 2.40. The average molecular weight is 367 g/mol. The molecule has 27 heavy (non-hydrogen) atoms. The second-order valence-corrected chi connectivity index (χ2v) is 7.42. The maximum absolute atomic E-state index is 12.5. The van der Waals surface area contributed by atoms with E-state index in [2.05, 4.69) is 43.0 Å². The lowest BCUT2D eigenvalue weighted by Crippen LogP contribution is -2.33. The number of esters is 1. The molecule has 0 N–H and O–H groups in total. The molecule has 2 aromatic carbocycles. The van der Waals surface area contributed by atoms with Crippen LogP contribution in [0.2, 0.25) is 0 Å². The molecule has 0 spiro atoms. The number of hydrogen-bond donors (Lipinski definition) is 0. The van der Waals surface area contributed by atoms with Crippen molar-refractivity contribution in [2.45, 2.75) is 39.3 Å². The summed E-state index contributed by atoms with van der Waals surface area (Å²) in [4.78, 5) is 14.8. The quantitative estimate of drug-likeness (QED) is 0.686. The lowest BCUT2D eigenvalue weighted by molar-refractivity contribution is -0.149. The predicted octanol–water partition coefficient (Wildman–Crippen LogP) is 4.25. The van der Waals surface area contributed by atoms with Gasteiger partial charge in [0, 0.05) is 19.6 Å². The van der Waals surface area contributed by atoms with E-state index in [0.717, 1.165) is 12.3 Å². The van der Waals surface area contributed by atoms with Crippen LogP contribution in [0.25, 0.3) is 0 Å². The number of benzene rings is 2. The van der Waals surface area contributed by atoms with Crippen LogP contribution in [-0.4, -0.2) is 36.7 Å². The molecular formula is C23H29NO3. The standard InChI is InChI=1S/C23H29NO3/c1-4-26-23(25)21-15-24(14-18-9-6-5-7-10-18)16-22(21)27-20-12-8-11-19(13-20)17(2)3/h5-13,17,21-22H,4,14-16H2,1-3H3/t21-,22?/m0/s1. The van der Waals surface area contributed by atoms with E-state index in [1.54, 1.807) is 0 Å². The molecule has 2 atom stereocenters. The summed E-state index contributed by atoms with van der Waals surface area (Å²) >= 11 is 0. The van der Waals surface area contributed by atoms with Crippen LogP contribution in [0.3, 0.4) is 0 Å². The molecule has 1 fully saturated rings. The third kappa shape index (κ3) is 5.10. The third-order valence-electron chi connectivity index (χ3n) is 4.99. The largest absolute Gasteiger partial charge is 0.488 e. The number of nitrogens with zero attached hydrogens (tertiary/aromatic N) is 1. The number of ether oxygens (including phenoxy) is 2. The minimum Gasteiger partial charge on any atom is -0.488 e. The second-order valence-electron chi connectivity index (χ2n) is 7.42. The van der Waals surface area contributed by atoms with Crippen molar-refractivity contribution in [2.24, 2.45) is 5.92 Å². The van der Waals surface area contributed by atoms with Gasteiger partial charge in [-0.3, -0.25) is 9.69 Å². The molecule has 1 heterocycles. The van der Waals surface area contributed by atoms with Gasteiger partial charge < -0.3 is 9.47 Å². The minimum absolute atomic E-state index is 0.168. The Labute approximate surface area is 162 Å². The first-order chi connectivity index (χ1) is 13.1. The summed E-state index contributed by atoms with van der Waals surface area (Å²) in [6, 6.07) is 18.5. The summed E-state index contributed by atoms with van der Waals surface area (Å²) in [5.74, 6) is 0.823. The summed E-state index contributed by atoms with van der Waals surface area (Å²) in [7, 11) is 0. The van der Waals surface area contributed by atoms with Crippen LogP contribution in [0.15, 0.2) is 54.6 Å². The number of hydrogen-bond acceptors (Lipinski definition) is 4. The highest BCUT2D eigenvalue weighted by molar-refractivity contribution is 5.74. The van der Waals surface area contributed by atoms with Crippen molar-refractivity contribution in [2.75, 3.05) is 19.7 Å². The molecule has 1 aliphatic rings. The number of carbonyl (C=O) groups excluding carboxylic acids is 1. The van der Waals surface area contributed by atoms with E-state index in [1.165, 1.54) is 11.1 Å². The normalized spacial score (nSPS) is 20.0. The molecule has 4 heteroatoms. The first-order valence-corrected chi connectivity index (χ1v) is 9.76. The summed E-state index contributed by atoms with van der Waals surface area (Å²) in [5, 5.41) is 0. The van der Waals surface area contributed by atoms with E-state index in [4.69, 9.17) is 9.47 Å². The van der Waals surface area contributed by atoms with Crippen LogP contribution in [0, 0.1) is 5.92 Å². The Morgan fingerprint density at radius 3 is 2.59 bits per heavy atom. The molecule has 1 unspecified atom stereocenters. The number of likely N-dealkylation sites (tertiary alicyclic amines) is 1. The van der Waals surface area contributed by atoms with Crippen LogP contribution >= 0.6 is 0 Å². The topological polar surface area (TPSA) is 38.8 Å². The highest BCUT2D eigenvalue weighted by atomic mass is 16.5. The van der Waals surface area contributed by atoms with E-state index < -0.39 is 0 Å². The highest BCUT2D eigenvalue weighted by Crippen LogP contribution is 2.27. The van der Waals surface area contributed by atoms with Crippen LogP contribution in [-0.2, 0) is 16.1 Å². The fraction of sp³-hybridized carbons (Fsp3) is 0.435. The lowest BCUT2D eigenvalue weighted by atomic mass is 10.0. The van der Waals surface area contributed by atoms with Crippen molar-refractivity contribution in [1.29, 1.82) is 0 Å². The maximum Gasteiger partial charge on any atom is 0.314 e. The van der Waals surface area contributed by atoms with Crippen molar-refractivity contribution in [1.82, 2.24) is 4.90 Å². The van der Waals surface area contributed by atoms with Crippen molar-refractivity contribution >= 4 is 5.97 Å². The van der Waals surface area contributed by atoms with Gasteiger partial charge in [0.25, 0.3) is 0 Å². The summed E-state index contributed by atoms with van der Waals surface area (Å²) in [6.07, 6.45) is -0.199. The lowest BCUT2D eigenvalue weighted by Gasteiger charge is -2.20. The van der Waals surface area contributed by atoms with Crippen LogP contribution in [0.4, 0.5) is 0 Å². The van der Waals surface area contributed by atoms with Crippen molar-refractivity contribution in [3.63, 3.8) is 0 Å². The van der Waals surface area contributed by atoms with Gasteiger partial charge in [0.15, 0.2) is 0 Å². The van der Waals surface area contributed by atoms with E-state index in [9.17, 15) is 4.79 Å². The van der Waals surface area contributed by atoms with Crippen molar-refractivity contribution in [3.8, 4) is 5.75 Å². The van der Waals surface area contributed by atoms with Gasteiger partial charge in [-0.15, -0.1) is 0 Å². The molecule has 0 radical (unpaired) electrons. The fourth-order valence-corrected chi connectivity index (χ4v) is 3.54. The molecule has 0 bridgehead atoms. The number of carbonyl (C=O) groups is 1. The van der Waals surface area contributed by atoms with Gasteiger partial charge in [-0.05, 0) is 36.1 Å². The monoisotopic (exact) mass is 367 g/mol. The van der Waals surface area contributed by atoms with Crippen molar-refractivity contribution < 1.29 is 14.3 Å². The zero-order valence-corrected chi connectivity index (χ0v) is 16.4. The van der Waals surface area contributed by atoms with E-state index in [0.29, 0.717) is 25.6 Å². The van der Waals surface area contributed by atoms with Gasteiger partial charge in [-0.25, -0.2) is 0 Å². The first kappa shape index (κ1) is 19.4. The molecule has 4 nitrogen and oxygen atoms in total. The molecular weight excluding hydrogens is 338 g/mol. The zero-order chi connectivity index (χ0) is 19.2. The van der Waals surface area contributed by atoms with E-state index in [-0.39, 0.29) is 18.0 Å². The Bertz CT molecular complexity index is 744. The number of rotatable bonds is 7. The molecule has 1 aliphatic heterocycles. The molecule has 0 amide bonds. The van der Waals surface area contributed by atoms with Crippen LogP contribution < -0.4 is 4.74 Å². The average Bonchev–Trinajstić information content (AvgIpc) is 3.05. The summed E-state index contributed by atoms with van der Waals surface area (Å²) in [6.45, 7) is 8.74. The van der Waals surface area contributed by atoms with Gasteiger partial charge in [-0.2, -0.15) is 0 Å². The fourth-order valence-electron chi connectivity index (χ4n) is 3.54. The van der Waals surface area contributed by atoms with Gasteiger partial charge in [0.05, 0.1) is 6.61 Å². The molecule has 3 rings (SSSR count).